The maximum Gasteiger partial charge on any atom is 0.315 e. The minimum atomic E-state index is -0.444. The molecule has 2 aromatic rings. The predicted molar refractivity (Wildman–Crippen MR) is 92.7 cm³/mol. The van der Waals surface area contributed by atoms with Crippen LogP contribution < -0.4 is 10.6 Å². The maximum atomic E-state index is 12.0. The van der Waals surface area contributed by atoms with Gasteiger partial charge in [0.1, 0.15) is 0 Å². The molecule has 2 N–H and O–H groups in total. The molecule has 2 amide bonds. The minimum absolute atomic E-state index is 0.0700. The van der Waals surface area contributed by atoms with E-state index >= 15 is 0 Å². The summed E-state index contributed by atoms with van der Waals surface area (Å²) in [4.78, 5) is 30.2. The average molecular weight is 359 g/mol. The lowest BCUT2D eigenvalue weighted by Gasteiger charge is -2.26. The van der Waals surface area contributed by atoms with Gasteiger partial charge in [0, 0.05) is 31.9 Å². The third-order valence-electron chi connectivity index (χ3n) is 3.86. The Hall–Kier alpha value is -2.78. The van der Waals surface area contributed by atoms with Gasteiger partial charge in [0.15, 0.2) is 5.82 Å². The smallest absolute Gasteiger partial charge is 0.315 e. The van der Waals surface area contributed by atoms with Gasteiger partial charge in [-0.15, -0.1) is 0 Å². The summed E-state index contributed by atoms with van der Waals surface area (Å²) < 4.78 is 10.2. The van der Waals surface area contributed by atoms with Crippen molar-refractivity contribution in [1.82, 2.24) is 20.4 Å². The molecule has 0 unspecified atom stereocenters. The maximum absolute atomic E-state index is 12.0. The zero-order valence-electron chi connectivity index (χ0n) is 14.3. The number of hydrogen-bond donors (Lipinski definition) is 2. The highest BCUT2D eigenvalue weighted by Crippen LogP contribution is 2.06. The van der Waals surface area contributed by atoms with Crippen LogP contribution in [0.3, 0.4) is 0 Å². The fraction of sp³-hybridized carbons (Fsp3) is 0.412. The third kappa shape index (κ3) is 5.36. The average Bonchev–Trinajstić information content (AvgIpc) is 3.12. The summed E-state index contributed by atoms with van der Waals surface area (Å²) in [6, 6.07) is 9.06. The quantitative estimate of drug-likeness (QED) is 0.732. The molecular formula is C17H21N5O4. The van der Waals surface area contributed by atoms with Crippen LogP contribution in [0.1, 0.15) is 16.5 Å². The summed E-state index contributed by atoms with van der Waals surface area (Å²) in [6.45, 7) is 4.35. The van der Waals surface area contributed by atoms with Gasteiger partial charge in [0.2, 0.25) is 5.91 Å². The number of benzene rings is 1. The van der Waals surface area contributed by atoms with Crippen molar-refractivity contribution in [3.05, 3.63) is 42.0 Å². The fourth-order valence-electron chi connectivity index (χ4n) is 2.52. The van der Waals surface area contributed by atoms with Crippen LogP contribution in [0.15, 0.2) is 34.9 Å². The van der Waals surface area contributed by atoms with Crippen LogP contribution in [0.2, 0.25) is 0 Å². The number of amides is 2. The molecule has 9 nitrogen and oxygen atoms in total. The standard InChI is InChI=1S/C17H21N5O4/c23-15(19-13-4-2-1-3-5-13)12-14-20-17(26-21-14)16(24)18-6-7-22-8-10-25-11-9-22/h1-5H,6-12H2,(H,18,24)(H,19,23). The Balaban J connectivity index is 1.43. The van der Waals surface area contributed by atoms with Crippen molar-refractivity contribution in [3.63, 3.8) is 0 Å². The van der Waals surface area contributed by atoms with E-state index in [-0.39, 0.29) is 24.0 Å². The van der Waals surface area contributed by atoms with Crippen LogP contribution >= 0.6 is 0 Å². The first-order valence-corrected chi connectivity index (χ1v) is 8.46. The van der Waals surface area contributed by atoms with Crippen molar-refractivity contribution in [1.29, 1.82) is 0 Å². The van der Waals surface area contributed by atoms with Crippen molar-refractivity contribution in [2.75, 3.05) is 44.7 Å². The molecule has 26 heavy (non-hydrogen) atoms. The second-order valence-electron chi connectivity index (χ2n) is 5.82. The van der Waals surface area contributed by atoms with E-state index in [0.29, 0.717) is 25.4 Å². The first-order valence-electron chi connectivity index (χ1n) is 8.46. The number of nitrogens with one attached hydrogen (secondary N) is 2. The number of ether oxygens (including phenoxy) is 1. The van der Waals surface area contributed by atoms with Crippen LogP contribution in [-0.4, -0.2) is 66.2 Å². The molecule has 0 saturated carbocycles. The van der Waals surface area contributed by atoms with Crippen LogP contribution in [-0.2, 0) is 16.0 Å². The molecule has 0 radical (unpaired) electrons. The molecule has 0 spiro atoms. The van der Waals surface area contributed by atoms with Crippen molar-refractivity contribution in [3.8, 4) is 0 Å². The third-order valence-corrected chi connectivity index (χ3v) is 3.86. The molecule has 1 aliphatic rings. The number of carbonyl (C=O) groups excluding carboxylic acids is 2. The van der Waals surface area contributed by atoms with Gasteiger partial charge in [-0.2, -0.15) is 4.98 Å². The highest BCUT2D eigenvalue weighted by atomic mass is 16.5. The minimum Gasteiger partial charge on any atom is -0.379 e. The van der Waals surface area contributed by atoms with E-state index in [1.165, 1.54) is 0 Å². The van der Waals surface area contributed by atoms with Gasteiger partial charge in [-0.25, -0.2) is 0 Å². The number of morpholine rings is 1. The van der Waals surface area contributed by atoms with E-state index in [2.05, 4.69) is 25.7 Å². The number of aromatic nitrogens is 2. The molecule has 138 valence electrons. The highest BCUT2D eigenvalue weighted by Gasteiger charge is 2.17. The Labute approximate surface area is 150 Å². The SMILES string of the molecule is O=C(Cc1noc(C(=O)NCCN2CCOCC2)n1)Nc1ccccc1. The van der Waals surface area contributed by atoms with Gasteiger partial charge in [-0.3, -0.25) is 14.5 Å². The second-order valence-corrected chi connectivity index (χ2v) is 5.82. The number of para-hydroxylation sites is 1. The Morgan fingerprint density at radius 1 is 1.15 bits per heavy atom. The highest BCUT2D eigenvalue weighted by molar-refractivity contribution is 5.92. The lowest BCUT2D eigenvalue weighted by atomic mass is 10.3. The summed E-state index contributed by atoms with van der Waals surface area (Å²) >= 11 is 0. The summed E-state index contributed by atoms with van der Waals surface area (Å²) in [6.07, 6.45) is -0.0700. The Kier molecular flexibility index (Phi) is 6.29. The summed E-state index contributed by atoms with van der Waals surface area (Å²) in [5.41, 5.74) is 0.682. The van der Waals surface area contributed by atoms with Gasteiger partial charge in [0.25, 0.3) is 0 Å². The van der Waals surface area contributed by atoms with Crippen LogP contribution in [0.5, 0.6) is 0 Å². The largest absolute Gasteiger partial charge is 0.379 e. The number of nitrogens with zero attached hydrogens (tertiary/aromatic N) is 3. The number of anilines is 1. The Morgan fingerprint density at radius 3 is 2.69 bits per heavy atom. The molecule has 3 rings (SSSR count). The lowest BCUT2D eigenvalue weighted by Crippen LogP contribution is -2.41. The number of hydrogen-bond acceptors (Lipinski definition) is 7. The van der Waals surface area contributed by atoms with Crippen molar-refractivity contribution < 1.29 is 18.8 Å². The summed E-state index contributed by atoms with van der Waals surface area (Å²) in [5, 5.41) is 9.14. The van der Waals surface area contributed by atoms with E-state index in [1.54, 1.807) is 12.1 Å². The monoisotopic (exact) mass is 359 g/mol. The van der Waals surface area contributed by atoms with E-state index in [9.17, 15) is 9.59 Å². The topological polar surface area (TPSA) is 110 Å². The predicted octanol–water partition coefficient (Wildman–Crippen LogP) is 0.313. The molecule has 2 heterocycles. The zero-order chi connectivity index (χ0) is 18.2. The van der Waals surface area contributed by atoms with Gasteiger partial charge in [-0.1, -0.05) is 23.4 Å². The summed E-state index contributed by atoms with van der Waals surface area (Å²) in [5.74, 6) is -0.706. The first-order chi connectivity index (χ1) is 12.7. The van der Waals surface area contributed by atoms with E-state index in [1.807, 2.05) is 18.2 Å². The van der Waals surface area contributed by atoms with E-state index in [4.69, 9.17) is 9.26 Å². The van der Waals surface area contributed by atoms with Crippen molar-refractivity contribution in [2.45, 2.75) is 6.42 Å². The van der Waals surface area contributed by atoms with E-state index < -0.39 is 5.91 Å². The normalized spacial score (nSPS) is 14.8. The van der Waals surface area contributed by atoms with Gasteiger partial charge in [0.05, 0.1) is 19.6 Å². The Morgan fingerprint density at radius 2 is 1.92 bits per heavy atom. The molecule has 1 fully saturated rings. The fourth-order valence-corrected chi connectivity index (χ4v) is 2.52. The molecule has 1 aliphatic heterocycles. The summed E-state index contributed by atoms with van der Waals surface area (Å²) in [7, 11) is 0. The number of rotatable bonds is 7. The molecule has 1 aromatic carbocycles. The van der Waals surface area contributed by atoms with E-state index in [0.717, 1.165) is 19.6 Å². The second kappa shape index (κ2) is 9.07. The molecule has 1 aromatic heterocycles. The molecule has 0 aliphatic carbocycles. The lowest BCUT2D eigenvalue weighted by molar-refractivity contribution is -0.115. The van der Waals surface area contributed by atoms with Gasteiger partial charge >= 0.3 is 11.8 Å². The molecule has 9 heteroatoms. The van der Waals surface area contributed by atoms with Gasteiger partial charge in [-0.05, 0) is 12.1 Å². The molecule has 0 bridgehead atoms. The van der Waals surface area contributed by atoms with Crippen molar-refractivity contribution >= 4 is 17.5 Å². The van der Waals surface area contributed by atoms with Crippen LogP contribution in [0.25, 0.3) is 0 Å². The number of carbonyl (C=O) groups is 2. The zero-order valence-corrected chi connectivity index (χ0v) is 14.3. The van der Waals surface area contributed by atoms with Gasteiger partial charge < -0.3 is 19.9 Å². The Bertz CT molecular complexity index is 728. The molecule has 1 saturated heterocycles. The molecule has 0 atom stereocenters. The van der Waals surface area contributed by atoms with Crippen LogP contribution in [0.4, 0.5) is 5.69 Å². The first kappa shape index (κ1) is 18.0. The van der Waals surface area contributed by atoms with Crippen LogP contribution in [0, 0.1) is 0 Å². The van der Waals surface area contributed by atoms with Crippen molar-refractivity contribution in [2.24, 2.45) is 0 Å². The molecular weight excluding hydrogens is 338 g/mol.